The van der Waals surface area contributed by atoms with Crippen LogP contribution in [0.4, 0.5) is 4.79 Å². The third-order valence-corrected chi connectivity index (χ3v) is 4.51. The van der Waals surface area contributed by atoms with Crippen molar-refractivity contribution in [1.29, 1.82) is 0 Å². The van der Waals surface area contributed by atoms with Gasteiger partial charge in [-0.2, -0.15) is 5.10 Å². The summed E-state index contributed by atoms with van der Waals surface area (Å²) in [5, 5.41) is 13.8. The smallest absolute Gasteiger partial charge is 0.409 e. The maximum absolute atomic E-state index is 11.8. The number of ether oxygens (including phenoxy) is 1. The van der Waals surface area contributed by atoms with Crippen LogP contribution in [0.2, 0.25) is 0 Å². The van der Waals surface area contributed by atoms with Crippen LogP contribution in [0.1, 0.15) is 44.4 Å². The van der Waals surface area contributed by atoms with E-state index in [1.165, 1.54) is 5.56 Å². The number of aromatic amines is 1. The van der Waals surface area contributed by atoms with E-state index in [0.717, 1.165) is 63.5 Å². The Bertz CT molecular complexity index is 578. The number of carbonyl (C=O) groups is 1. The number of nitrogens with zero attached hydrogens (tertiary/aromatic N) is 3. The molecule has 8 heteroatoms. The SMILES string of the molecule is CCNC(=NCCCc1cn[nH]c1C)NC1CCN(C(=O)OCC)CC1. The number of H-pyrrole nitrogens is 1. The Morgan fingerprint density at radius 2 is 2.19 bits per heavy atom. The van der Waals surface area contributed by atoms with Gasteiger partial charge in [-0.1, -0.05) is 0 Å². The second-order valence-electron chi connectivity index (χ2n) is 6.49. The molecule has 0 saturated carbocycles. The number of aromatic nitrogens is 2. The molecule has 146 valence electrons. The number of aliphatic imine (C=N–C) groups is 1. The fourth-order valence-corrected chi connectivity index (χ4v) is 3.02. The normalized spacial score (nSPS) is 15.8. The zero-order chi connectivity index (χ0) is 18.8. The molecule has 1 aliphatic heterocycles. The van der Waals surface area contributed by atoms with Crippen molar-refractivity contribution in [2.45, 2.75) is 52.5 Å². The minimum Gasteiger partial charge on any atom is -0.450 e. The maximum atomic E-state index is 11.8. The fraction of sp³-hybridized carbons (Fsp3) is 0.722. The Labute approximate surface area is 155 Å². The number of aryl methyl sites for hydroxylation is 2. The average Bonchev–Trinajstić information content (AvgIpc) is 3.04. The summed E-state index contributed by atoms with van der Waals surface area (Å²) in [6, 6.07) is 0.328. The van der Waals surface area contributed by atoms with Crippen molar-refractivity contribution in [1.82, 2.24) is 25.7 Å². The molecule has 3 N–H and O–H groups in total. The Kier molecular flexibility index (Phi) is 8.24. The van der Waals surface area contributed by atoms with Crippen molar-refractivity contribution in [3.8, 4) is 0 Å². The number of guanidine groups is 1. The van der Waals surface area contributed by atoms with Crippen molar-refractivity contribution < 1.29 is 9.53 Å². The van der Waals surface area contributed by atoms with Crippen molar-refractivity contribution in [2.24, 2.45) is 4.99 Å². The predicted octanol–water partition coefficient (Wildman–Crippen LogP) is 1.83. The van der Waals surface area contributed by atoms with Crippen LogP contribution in [0.5, 0.6) is 0 Å². The summed E-state index contributed by atoms with van der Waals surface area (Å²) < 4.78 is 5.06. The molecule has 0 unspecified atom stereocenters. The first-order valence-electron chi connectivity index (χ1n) is 9.59. The summed E-state index contributed by atoms with van der Waals surface area (Å²) in [5.41, 5.74) is 2.39. The Morgan fingerprint density at radius 3 is 2.81 bits per heavy atom. The minimum absolute atomic E-state index is 0.207. The number of hydrogen-bond donors (Lipinski definition) is 3. The number of rotatable bonds is 7. The van der Waals surface area contributed by atoms with Crippen molar-refractivity contribution in [3.05, 3.63) is 17.5 Å². The molecule has 1 aromatic rings. The molecule has 2 heterocycles. The standard InChI is InChI=1S/C18H32N6O2/c1-4-19-17(20-10-6-7-15-13-21-23-14(15)3)22-16-8-11-24(12-9-16)18(25)26-5-2/h13,16H,4-12H2,1-3H3,(H,21,23)(H2,19,20,22). The number of carbonyl (C=O) groups excluding carboxylic acids is 1. The third kappa shape index (κ3) is 6.24. The van der Waals surface area contributed by atoms with Gasteiger partial charge in [0.25, 0.3) is 0 Å². The number of nitrogens with one attached hydrogen (secondary N) is 3. The zero-order valence-electron chi connectivity index (χ0n) is 16.2. The van der Waals surface area contributed by atoms with E-state index < -0.39 is 0 Å². The molecule has 0 radical (unpaired) electrons. The van der Waals surface area contributed by atoms with Gasteiger partial charge in [-0.05, 0) is 52.0 Å². The molecule has 8 nitrogen and oxygen atoms in total. The van der Waals surface area contributed by atoms with Gasteiger partial charge < -0.3 is 20.3 Å². The van der Waals surface area contributed by atoms with E-state index in [-0.39, 0.29) is 6.09 Å². The highest BCUT2D eigenvalue weighted by Gasteiger charge is 2.23. The van der Waals surface area contributed by atoms with E-state index in [1.54, 1.807) is 4.90 Å². The van der Waals surface area contributed by atoms with Crippen LogP contribution in [-0.4, -0.2) is 66.0 Å². The van der Waals surface area contributed by atoms with Crippen molar-refractivity contribution in [2.75, 3.05) is 32.8 Å². The van der Waals surface area contributed by atoms with Gasteiger partial charge in [-0.15, -0.1) is 0 Å². The molecule has 1 saturated heterocycles. The topological polar surface area (TPSA) is 94.6 Å². The Hall–Kier alpha value is -2.25. The van der Waals surface area contributed by atoms with Crippen molar-refractivity contribution in [3.63, 3.8) is 0 Å². The summed E-state index contributed by atoms with van der Waals surface area (Å²) in [6.45, 7) is 9.39. The maximum Gasteiger partial charge on any atom is 0.409 e. The van der Waals surface area contributed by atoms with Gasteiger partial charge in [-0.25, -0.2) is 4.79 Å². The van der Waals surface area contributed by atoms with E-state index in [0.29, 0.717) is 12.6 Å². The lowest BCUT2D eigenvalue weighted by atomic mass is 10.1. The lowest BCUT2D eigenvalue weighted by Crippen LogP contribution is -2.49. The average molecular weight is 364 g/mol. The van der Waals surface area contributed by atoms with Crippen LogP contribution in [0.3, 0.4) is 0 Å². The predicted molar refractivity (Wildman–Crippen MR) is 102 cm³/mol. The van der Waals surface area contributed by atoms with E-state index >= 15 is 0 Å². The summed E-state index contributed by atoms with van der Waals surface area (Å²) >= 11 is 0. The minimum atomic E-state index is -0.207. The molecule has 2 rings (SSSR count). The highest BCUT2D eigenvalue weighted by Crippen LogP contribution is 2.11. The molecule has 0 aromatic carbocycles. The van der Waals surface area contributed by atoms with E-state index in [4.69, 9.17) is 4.74 Å². The molecule has 0 bridgehead atoms. The van der Waals surface area contributed by atoms with Crippen LogP contribution >= 0.6 is 0 Å². The molecule has 1 fully saturated rings. The third-order valence-electron chi connectivity index (χ3n) is 4.51. The molecule has 1 amide bonds. The monoisotopic (exact) mass is 364 g/mol. The van der Waals surface area contributed by atoms with E-state index in [1.807, 2.05) is 20.0 Å². The lowest BCUT2D eigenvalue weighted by molar-refractivity contribution is 0.0963. The fourth-order valence-electron chi connectivity index (χ4n) is 3.02. The van der Waals surface area contributed by atoms with Crippen LogP contribution < -0.4 is 10.6 Å². The molecule has 0 aliphatic carbocycles. The number of likely N-dealkylation sites (tertiary alicyclic amines) is 1. The summed E-state index contributed by atoms with van der Waals surface area (Å²) in [6.07, 6.45) is 5.44. The number of piperidine rings is 1. The van der Waals surface area contributed by atoms with Crippen molar-refractivity contribution >= 4 is 12.1 Å². The van der Waals surface area contributed by atoms with Gasteiger partial charge in [0, 0.05) is 37.9 Å². The molecule has 26 heavy (non-hydrogen) atoms. The summed E-state index contributed by atoms with van der Waals surface area (Å²) in [7, 11) is 0. The number of hydrogen-bond acceptors (Lipinski definition) is 4. The highest BCUT2D eigenvalue weighted by atomic mass is 16.6. The zero-order valence-corrected chi connectivity index (χ0v) is 16.2. The molecule has 0 atom stereocenters. The van der Waals surface area contributed by atoms with Gasteiger partial charge in [0.2, 0.25) is 0 Å². The highest BCUT2D eigenvalue weighted by molar-refractivity contribution is 5.80. The second kappa shape index (κ2) is 10.7. The molecular weight excluding hydrogens is 332 g/mol. The summed E-state index contributed by atoms with van der Waals surface area (Å²) in [5.74, 6) is 0.853. The number of amides is 1. The lowest BCUT2D eigenvalue weighted by Gasteiger charge is -2.32. The first kappa shape index (κ1) is 20.1. The van der Waals surface area contributed by atoms with E-state index in [9.17, 15) is 4.79 Å². The van der Waals surface area contributed by atoms with Crippen LogP contribution in [0.15, 0.2) is 11.2 Å². The molecule has 1 aliphatic rings. The van der Waals surface area contributed by atoms with Gasteiger partial charge in [0.05, 0.1) is 12.8 Å². The van der Waals surface area contributed by atoms with Gasteiger partial charge >= 0.3 is 6.09 Å². The van der Waals surface area contributed by atoms with Gasteiger partial charge in [-0.3, -0.25) is 10.1 Å². The quantitative estimate of drug-likeness (QED) is 0.390. The van der Waals surface area contributed by atoms with Crippen LogP contribution in [-0.2, 0) is 11.2 Å². The largest absolute Gasteiger partial charge is 0.450 e. The molecule has 1 aromatic heterocycles. The van der Waals surface area contributed by atoms with E-state index in [2.05, 4.69) is 32.7 Å². The first-order valence-corrected chi connectivity index (χ1v) is 9.59. The Morgan fingerprint density at radius 1 is 1.42 bits per heavy atom. The first-order chi connectivity index (χ1) is 12.6. The second-order valence-corrected chi connectivity index (χ2v) is 6.49. The molecule has 0 spiro atoms. The summed E-state index contributed by atoms with van der Waals surface area (Å²) in [4.78, 5) is 18.2. The van der Waals surface area contributed by atoms with Crippen LogP contribution in [0.25, 0.3) is 0 Å². The van der Waals surface area contributed by atoms with Crippen LogP contribution in [0, 0.1) is 6.92 Å². The molecular formula is C18H32N6O2. The Balaban J connectivity index is 1.75. The van der Waals surface area contributed by atoms with Gasteiger partial charge in [0.15, 0.2) is 5.96 Å². The van der Waals surface area contributed by atoms with Gasteiger partial charge in [0.1, 0.15) is 0 Å².